The summed E-state index contributed by atoms with van der Waals surface area (Å²) >= 11 is 0. The summed E-state index contributed by atoms with van der Waals surface area (Å²) in [4.78, 5) is 27.0. The van der Waals surface area contributed by atoms with E-state index >= 15 is 0 Å². The molecule has 0 unspecified atom stereocenters. The first-order valence-electron chi connectivity index (χ1n) is 9.29. The molecule has 0 bridgehead atoms. The van der Waals surface area contributed by atoms with E-state index in [1.807, 2.05) is 12.1 Å². The first-order chi connectivity index (χ1) is 15.3. The molecule has 1 heterocycles. The number of nitrogens with one attached hydrogen (secondary N) is 1. The Bertz CT molecular complexity index is 1170. The van der Waals surface area contributed by atoms with Gasteiger partial charge < -0.3 is 25.0 Å². The molecule has 6 N–H and O–H groups in total. The van der Waals surface area contributed by atoms with Crippen LogP contribution in [0.5, 0.6) is 5.75 Å². The molecule has 184 valence electrons. The summed E-state index contributed by atoms with van der Waals surface area (Å²) in [6.45, 7) is 3.68. The number of fused-ring (bicyclic) bond motifs is 1. The van der Waals surface area contributed by atoms with E-state index in [9.17, 15) is 31.5 Å². The number of nitrogens with two attached hydrogens (primary N) is 2. The SMILES string of the molecule is CCn1cc(CCN)c2cc(O)ccc21.CS(=O)(=O)NOC(=O)/C=C\C(=O)OCS(N)(=O)=O. The molecule has 0 fully saturated rings. The van der Waals surface area contributed by atoms with Gasteiger partial charge >= 0.3 is 11.9 Å². The third kappa shape index (κ3) is 10.9. The molecule has 0 radical (unpaired) electrons. The fraction of sp³-hybridized carbons (Fsp3) is 0.333. The van der Waals surface area contributed by atoms with Crippen molar-refractivity contribution in [1.29, 1.82) is 0 Å². The third-order valence-corrected chi connectivity index (χ3v) is 4.55. The average Bonchev–Trinajstić information content (AvgIpc) is 3.05. The average molecular weight is 507 g/mol. The third-order valence-electron chi connectivity index (χ3n) is 3.72. The molecule has 0 amide bonds. The minimum atomic E-state index is -3.97. The maximum Gasteiger partial charge on any atom is 0.350 e. The number of esters is 1. The van der Waals surface area contributed by atoms with Crippen LogP contribution in [0.1, 0.15) is 12.5 Å². The number of nitrogens with zero attached hydrogens (tertiary/aromatic N) is 1. The first kappa shape index (κ1) is 28.1. The van der Waals surface area contributed by atoms with Crippen molar-refractivity contribution >= 4 is 42.9 Å². The van der Waals surface area contributed by atoms with Crippen molar-refractivity contribution in [3.63, 3.8) is 0 Å². The van der Waals surface area contributed by atoms with E-state index < -0.39 is 37.9 Å². The molecule has 0 aliphatic heterocycles. The normalized spacial score (nSPS) is 11.8. The zero-order chi connectivity index (χ0) is 25.2. The van der Waals surface area contributed by atoms with Crippen LogP contribution in [0.4, 0.5) is 0 Å². The number of aromatic hydroxyl groups is 1. The monoisotopic (exact) mass is 506 g/mol. The molecular weight excluding hydrogens is 480 g/mol. The van der Waals surface area contributed by atoms with Gasteiger partial charge in [-0.3, -0.25) is 0 Å². The van der Waals surface area contributed by atoms with Crippen molar-refractivity contribution in [2.45, 2.75) is 19.9 Å². The Hall–Kier alpha value is -2.98. The summed E-state index contributed by atoms with van der Waals surface area (Å²) in [7, 11) is -7.70. The number of sulfonamides is 2. The summed E-state index contributed by atoms with van der Waals surface area (Å²) in [5, 5.41) is 15.1. The lowest BCUT2D eigenvalue weighted by atomic mass is 10.1. The Morgan fingerprint density at radius 2 is 1.82 bits per heavy atom. The lowest BCUT2D eigenvalue weighted by Crippen LogP contribution is -2.25. The highest BCUT2D eigenvalue weighted by atomic mass is 32.2. The van der Waals surface area contributed by atoms with E-state index in [0.29, 0.717) is 24.4 Å². The summed E-state index contributed by atoms with van der Waals surface area (Å²) in [6, 6.07) is 5.49. The van der Waals surface area contributed by atoms with Crippen LogP contribution >= 0.6 is 0 Å². The summed E-state index contributed by atoms with van der Waals surface area (Å²) in [6.07, 6.45) is 4.79. The maximum atomic E-state index is 10.8. The van der Waals surface area contributed by atoms with Crippen molar-refractivity contribution in [1.82, 2.24) is 9.45 Å². The van der Waals surface area contributed by atoms with Crippen LogP contribution in [0, 0.1) is 0 Å². The number of benzene rings is 1. The van der Waals surface area contributed by atoms with E-state index in [1.54, 1.807) is 6.07 Å². The molecule has 1 aromatic carbocycles. The predicted molar refractivity (Wildman–Crippen MR) is 119 cm³/mol. The van der Waals surface area contributed by atoms with Gasteiger partial charge in [0.25, 0.3) is 0 Å². The molecule has 0 atom stereocenters. The van der Waals surface area contributed by atoms with E-state index in [2.05, 4.69) is 32.4 Å². The van der Waals surface area contributed by atoms with Crippen molar-refractivity contribution in [3.05, 3.63) is 42.1 Å². The van der Waals surface area contributed by atoms with Gasteiger partial charge in [-0.1, -0.05) is 0 Å². The van der Waals surface area contributed by atoms with Gasteiger partial charge in [0.15, 0.2) is 0 Å². The maximum absolute atomic E-state index is 10.8. The predicted octanol–water partition coefficient (Wildman–Crippen LogP) is -0.793. The molecule has 15 heteroatoms. The zero-order valence-electron chi connectivity index (χ0n) is 17.9. The number of primary sulfonamides is 1. The smallest absolute Gasteiger partial charge is 0.350 e. The minimum Gasteiger partial charge on any atom is -0.508 e. The van der Waals surface area contributed by atoms with E-state index in [4.69, 9.17) is 5.73 Å². The fourth-order valence-corrected chi connectivity index (χ4v) is 2.96. The molecule has 0 spiro atoms. The highest BCUT2D eigenvalue weighted by molar-refractivity contribution is 7.89. The molecule has 1 aromatic heterocycles. The second-order valence-corrected chi connectivity index (χ2v) is 9.81. The molecule has 0 saturated heterocycles. The van der Waals surface area contributed by atoms with Crippen LogP contribution < -0.4 is 15.8 Å². The molecule has 0 saturated carbocycles. The first-order valence-corrected chi connectivity index (χ1v) is 12.9. The van der Waals surface area contributed by atoms with Crippen LogP contribution in [-0.2, 0) is 52.2 Å². The second-order valence-electron chi connectivity index (χ2n) is 6.53. The summed E-state index contributed by atoms with van der Waals surface area (Å²) < 4.78 is 48.1. The number of hydrogen-bond acceptors (Lipinski definition) is 10. The Kier molecular flexibility index (Phi) is 10.5. The van der Waals surface area contributed by atoms with E-state index in [1.165, 1.54) is 16.0 Å². The summed E-state index contributed by atoms with van der Waals surface area (Å²) in [5.41, 5.74) is 7.95. The van der Waals surface area contributed by atoms with Crippen LogP contribution in [0.2, 0.25) is 0 Å². The molecule has 0 aliphatic carbocycles. The number of phenols is 1. The van der Waals surface area contributed by atoms with E-state index in [-0.39, 0.29) is 0 Å². The number of phenolic OH excluding ortho intramolecular Hbond substituents is 1. The Morgan fingerprint density at radius 1 is 1.18 bits per heavy atom. The summed E-state index contributed by atoms with van der Waals surface area (Å²) in [5.74, 6) is -3.10. The van der Waals surface area contributed by atoms with Gasteiger partial charge in [-0.05, 0) is 48.5 Å². The number of carbonyl (C=O) groups excluding carboxylic acids is 2. The van der Waals surface area contributed by atoms with Crippen molar-refractivity contribution in [2.24, 2.45) is 10.9 Å². The largest absolute Gasteiger partial charge is 0.508 e. The van der Waals surface area contributed by atoms with Crippen molar-refractivity contribution < 1.29 is 41.1 Å². The minimum absolute atomic E-state index is 0.314. The van der Waals surface area contributed by atoms with Gasteiger partial charge in [-0.15, -0.1) is 0 Å². The quantitative estimate of drug-likeness (QED) is 0.189. The number of aryl methyl sites for hydroxylation is 1. The Morgan fingerprint density at radius 3 is 2.36 bits per heavy atom. The fourth-order valence-electron chi connectivity index (χ4n) is 2.45. The van der Waals surface area contributed by atoms with Crippen molar-refractivity contribution in [3.8, 4) is 5.75 Å². The lowest BCUT2D eigenvalue weighted by molar-refractivity contribution is -0.142. The molecule has 13 nitrogen and oxygen atoms in total. The van der Waals surface area contributed by atoms with Crippen LogP contribution in [-0.4, -0.2) is 57.2 Å². The Labute approximate surface area is 191 Å². The van der Waals surface area contributed by atoms with Crippen molar-refractivity contribution in [2.75, 3.05) is 18.7 Å². The van der Waals surface area contributed by atoms with Gasteiger partial charge in [0.2, 0.25) is 26.0 Å². The number of aromatic nitrogens is 1. The van der Waals surface area contributed by atoms with Gasteiger partial charge in [-0.2, -0.15) is 0 Å². The number of ether oxygens (including phenoxy) is 1. The topological polar surface area (TPSA) is 210 Å². The van der Waals surface area contributed by atoms with Gasteiger partial charge in [-0.25, -0.2) is 31.6 Å². The lowest BCUT2D eigenvalue weighted by Gasteiger charge is -2.00. The molecule has 2 rings (SSSR count). The van der Waals surface area contributed by atoms with Gasteiger partial charge in [0, 0.05) is 35.8 Å². The van der Waals surface area contributed by atoms with Gasteiger partial charge in [0.05, 0.1) is 6.26 Å². The Balaban J connectivity index is 0.000000334. The van der Waals surface area contributed by atoms with Crippen LogP contribution in [0.15, 0.2) is 36.5 Å². The number of rotatable bonds is 9. The van der Waals surface area contributed by atoms with Crippen LogP contribution in [0.3, 0.4) is 0 Å². The van der Waals surface area contributed by atoms with E-state index in [0.717, 1.165) is 24.6 Å². The number of carbonyl (C=O) groups is 2. The molecule has 0 aliphatic rings. The second kappa shape index (κ2) is 12.3. The standard InChI is InChI=1S/C12H16N2O.C6H10N2O8S2/c1-2-14-8-9(5-6-13)11-7-10(15)3-4-12(11)14;1-17(11,12)8-16-6(10)3-2-5(9)15-4-18(7,13)14/h3-4,7-8,15H,2,5-6,13H2,1H3;2-3,8H,4H2,1H3,(H2,7,13,14)/b;3-2-. The number of hydrogen-bond donors (Lipinski definition) is 4. The highest BCUT2D eigenvalue weighted by Crippen LogP contribution is 2.25. The molecular formula is C18H26N4O9S2. The highest BCUT2D eigenvalue weighted by Gasteiger charge is 2.09. The molecule has 33 heavy (non-hydrogen) atoms. The van der Waals surface area contributed by atoms with Gasteiger partial charge in [0.1, 0.15) is 5.75 Å². The zero-order valence-corrected chi connectivity index (χ0v) is 19.6. The molecule has 2 aromatic rings. The van der Waals surface area contributed by atoms with Crippen LogP contribution in [0.25, 0.3) is 10.9 Å².